The highest BCUT2D eigenvalue weighted by Crippen LogP contribution is 2.35. The lowest BCUT2D eigenvalue weighted by atomic mass is 10.0. The average molecular weight is 494 g/mol. The first-order valence-electron chi connectivity index (χ1n) is 11.7. The van der Waals surface area contributed by atoms with Crippen molar-refractivity contribution in [3.05, 3.63) is 71.5 Å². The zero-order valence-corrected chi connectivity index (χ0v) is 20.6. The monoisotopic (exact) mass is 493 g/mol. The number of fused-ring (bicyclic) bond motifs is 2. The van der Waals surface area contributed by atoms with E-state index >= 15 is 0 Å². The summed E-state index contributed by atoms with van der Waals surface area (Å²) in [7, 11) is 0. The minimum Gasteiger partial charge on any atom is -0.335 e. The summed E-state index contributed by atoms with van der Waals surface area (Å²) >= 11 is 1.47. The van der Waals surface area contributed by atoms with Crippen LogP contribution in [0.2, 0.25) is 0 Å². The molecule has 0 amide bonds. The van der Waals surface area contributed by atoms with Gasteiger partial charge in [-0.25, -0.2) is 9.97 Å². The number of rotatable bonds is 7. The molecule has 5 heterocycles. The summed E-state index contributed by atoms with van der Waals surface area (Å²) < 4.78 is 0. The molecule has 0 unspecified atom stereocenters. The molecule has 3 N–H and O–H groups in total. The Labute approximate surface area is 210 Å². The van der Waals surface area contributed by atoms with Gasteiger partial charge in [0.2, 0.25) is 0 Å². The van der Waals surface area contributed by atoms with Crippen molar-refractivity contribution >= 4 is 39.2 Å². The summed E-state index contributed by atoms with van der Waals surface area (Å²) in [5.41, 5.74) is 7.27. The normalized spacial score (nSPS) is 11.5. The van der Waals surface area contributed by atoms with Crippen molar-refractivity contribution in [3.63, 3.8) is 0 Å². The number of aromatic nitrogens is 6. The number of H-pyrrole nitrogens is 2. The quantitative estimate of drug-likeness (QED) is 0.249. The van der Waals surface area contributed by atoms with Gasteiger partial charge in [-0.3, -0.25) is 14.9 Å². The highest BCUT2D eigenvalue weighted by molar-refractivity contribution is 7.17. The molecule has 0 spiro atoms. The molecule has 0 saturated heterocycles. The van der Waals surface area contributed by atoms with Crippen molar-refractivity contribution in [1.82, 2.24) is 35.5 Å². The molecule has 1 aromatic carbocycles. The third-order valence-corrected chi connectivity index (χ3v) is 7.32. The lowest BCUT2D eigenvalue weighted by Gasteiger charge is -2.06. The van der Waals surface area contributed by atoms with Crippen molar-refractivity contribution in [2.24, 2.45) is 0 Å². The van der Waals surface area contributed by atoms with Gasteiger partial charge >= 0.3 is 0 Å². The van der Waals surface area contributed by atoms with Gasteiger partial charge in [0.25, 0.3) is 0 Å². The second-order valence-corrected chi connectivity index (χ2v) is 9.64. The Kier molecular flexibility index (Phi) is 5.63. The van der Waals surface area contributed by atoms with Gasteiger partial charge < -0.3 is 10.3 Å². The number of nitrogens with one attached hydrogen (secondary N) is 3. The molecular weight excluding hydrogens is 470 g/mol. The number of carbonyl (C=O) groups excluding carboxylic acids is 1. The number of ketones is 1. The number of nitrogens with zero attached hydrogens (tertiary/aromatic N) is 4. The number of imidazole rings is 1. The third-order valence-electron chi connectivity index (χ3n) is 6.11. The van der Waals surface area contributed by atoms with E-state index in [-0.39, 0.29) is 5.78 Å². The van der Waals surface area contributed by atoms with Crippen LogP contribution in [0.25, 0.3) is 55.2 Å². The fraction of sp³-hybridized carbons (Fsp3) is 0.148. The van der Waals surface area contributed by atoms with E-state index in [1.165, 1.54) is 11.3 Å². The fourth-order valence-electron chi connectivity index (χ4n) is 4.29. The second-order valence-electron chi connectivity index (χ2n) is 8.56. The van der Waals surface area contributed by atoms with Crippen LogP contribution in [0, 0.1) is 0 Å². The van der Waals surface area contributed by atoms with Crippen LogP contribution >= 0.6 is 11.3 Å². The molecule has 0 saturated carbocycles. The lowest BCUT2D eigenvalue weighted by Crippen LogP contribution is -2.11. The van der Waals surface area contributed by atoms with Crippen molar-refractivity contribution in [3.8, 4) is 33.1 Å². The third kappa shape index (κ3) is 3.98. The van der Waals surface area contributed by atoms with E-state index in [1.54, 1.807) is 13.1 Å². The van der Waals surface area contributed by atoms with Gasteiger partial charge in [-0.05, 0) is 61.0 Å². The molecule has 0 bridgehead atoms. The number of thiophene rings is 1. The number of aromatic amines is 2. The number of Topliss-reactive ketones (excluding diaryl/α,β-unsaturated/α-hetero) is 1. The van der Waals surface area contributed by atoms with E-state index in [4.69, 9.17) is 4.98 Å². The Balaban J connectivity index is 1.42. The van der Waals surface area contributed by atoms with E-state index in [0.717, 1.165) is 67.2 Å². The second kappa shape index (κ2) is 9.10. The lowest BCUT2D eigenvalue weighted by molar-refractivity contribution is 0.102. The number of hydrogen-bond donors (Lipinski definition) is 3. The van der Waals surface area contributed by atoms with Gasteiger partial charge in [0, 0.05) is 46.5 Å². The minimum absolute atomic E-state index is 0.0583. The molecule has 0 radical (unpaired) electrons. The predicted molar refractivity (Wildman–Crippen MR) is 143 cm³/mol. The summed E-state index contributed by atoms with van der Waals surface area (Å²) in [6, 6.07) is 14.1. The van der Waals surface area contributed by atoms with Crippen LogP contribution in [0.1, 0.15) is 29.1 Å². The predicted octanol–water partition coefficient (Wildman–Crippen LogP) is 5.60. The molecule has 5 aromatic heterocycles. The Morgan fingerprint density at radius 2 is 2.00 bits per heavy atom. The smallest absolute Gasteiger partial charge is 0.178 e. The SMILES string of the molecule is CCNCc1cncc(-c2ccc3[nH]nc(-c4nc5nccc(-c6ccc(C(C)=O)s6)c5[nH]4)c3c2)c1. The topological polar surface area (TPSA) is 112 Å². The zero-order chi connectivity index (χ0) is 24.6. The molecule has 178 valence electrons. The molecule has 9 heteroatoms. The first-order valence-corrected chi connectivity index (χ1v) is 12.5. The zero-order valence-electron chi connectivity index (χ0n) is 19.8. The maximum absolute atomic E-state index is 11.8. The molecule has 0 aliphatic carbocycles. The summed E-state index contributed by atoms with van der Waals surface area (Å²) in [5, 5.41) is 12.0. The minimum atomic E-state index is 0.0583. The summed E-state index contributed by atoms with van der Waals surface area (Å²) in [6.45, 7) is 5.36. The summed E-state index contributed by atoms with van der Waals surface area (Å²) in [5.74, 6) is 0.693. The van der Waals surface area contributed by atoms with Crippen LogP contribution < -0.4 is 5.32 Å². The number of benzene rings is 1. The van der Waals surface area contributed by atoms with Crippen molar-refractivity contribution in [1.29, 1.82) is 0 Å². The van der Waals surface area contributed by atoms with Gasteiger partial charge in [0.05, 0.1) is 15.9 Å². The van der Waals surface area contributed by atoms with Crippen LogP contribution in [0.3, 0.4) is 0 Å². The fourth-order valence-corrected chi connectivity index (χ4v) is 5.22. The Hall–Kier alpha value is -4.21. The van der Waals surface area contributed by atoms with Crippen LogP contribution in [-0.4, -0.2) is 42.5 Å². The molecule has 8 nitrogen and oxygen atoms in total. The summed E-state index contributed by atoms with van der Waals surface area (Å²) in [6.07, 6.45) is 5.51. The molecule has 0 aliphatic heterocycles. The first kappa shape index (κ1) is 22.3. The van der Waals surface area contributed by atoms with E-state index in [1.807, 2.05) is 36.7 Å². The molecular formula is C27H23N7OS. The van der Waals surface area contributed by atoms with Crippen LogP contribution in [0.15, 0.2) is 61.1 Å². The molecule has 0 atom stereocenters. The first-order chi connectivity index (χ1) is 17.6. The van der Waals surface area contributed by atoms with Crippen LogP contribution in [0.5, 0.6) is 0 Å². The van der Waals surface area contributed by atoms with Gasteiger partial charge in [-0.15, -0.1) is 11.3 Å². The molecule has 6 aromatic rings. The number of hydrogen-bond acceptors (Lipinski definition) is 7. The van der Waals surface area contributed by atoms with E-state index < -0.39 is 0 Å². The maximum Gasteiger partial charge on any atom is 0.178 e. The van der Waals surface area contributed by atoms with Gasteiger partial charge in [0.1, 0.15) is 5.69 Å². The molecule has 0 aliphatic rings. The Bertz CT molecular complexity index is 1730. The Morgan fingerprint density at radius 1 is 1.08 bits per heavy atom. The van der Waals surface area contributed by atoms with E-state index in [2.05, 4.69) is 55.6 Å². The van der Waals surface area contributed by atoms with Crippen LogP contribution in [0.4, 0.5) is 0 Å². The Morgan fingerprint density at radius 3 is 2.83 bits per heavy atom. The standard InChI is InChI=1S/C27H23N7OS/c1-3-28-12-16-10-18(14-29-13-16)17-4-5-21-20(11-17)25(34-33-21)27-31-24-19(8-9-30-26(24)32-27)23-7-6-22(36-23)15(2)35/h4-11,13-14,28H,3,12H2,1-2H3,(H,33,34)(H,30,31,32). The van der Waals surface area contributed by atoms with E-state index in [0.29, 0.717) is 11.5 Å². The molecule has 0 fully saturated rings. The van der Waals surface area contributed by atoms with Crippen molar-refractivity contribution < 1.29 is 4.79 Å². The highest BCUT2D eigenvalue weighted by atomic mass is 32.1. The average Bonchev–Trinajstić information content (AvgIpc) is 3.64. The van der Waals surface area contributed by atoms with Crippen molar-refractivity contribution in [2.75, 3.05) is 6.54 Å². The number of carbonyl (C=O) groups is 1. The number of pyridine rings is 2. The van der Waals surface area contributed by atoms with Crippen LogP contribution in [-0.2, 0) is 6.54 Å². The molecule has 6 rings (SSSR count). The molecule has 36 heavy (non-hydrogen) atoms. The van der Waals surface area contributed by atoms with E-state index in [9.17, 15) is 4.79 Å². The highest BCUT2D eigenvalue weighted by Gasteiger charge is 2.17. The maximum atomic E-state index is 11.8. The summed E-state index contributed by atoms with van der Waals surface area (Å²) in [4.78, 5) is 30.6. The van der Waals surface area contributed by atoms with Gasteiger partial charge in [-0.1, -0.05) is 13.0 Å². The van der Waals surface area contributed by atoms with Gasteiger partial charge in [0.15, 0.2) is 17.3 Å². The van der Waals surface area contributed by atoms with Crippen molar-refractivity contribution in [2.45, 2.75) is 20.4 Å². The van der Waals surface area contributed by atoms with Gasteiger partial charge in [-0.2, -0.15) is 5.10 Å². The largest absolute Gasteiger partial charge is 0.335 e.